The molecule has 0 atom stereocenters. The van der Waals surface area contributed by atoms with Gasteiger partial charge >= 0.3 is 5.97 Å². The molecular formula is C25H33N3O4. The van der Waals surface area contributed by atoms with Crippen LogP contribution in [0, 0.1) is 0 Å². The van der Waals surface area contributed by atoms with Gasteiger partial charge in [-0.05, 0) is 43.2 Å². The first-order valence-corrected chi connectivity index (χ1v) is 11.7. The number of pyridine rings is 1. The third kappa shape index (κ3) is 4.74. The lowest BCUT2D eigenvalue weighted by Gasteiger charge is -2.47. The predicted octanol–water partition coefficient (Wildman–Crippen LogP) is 4.89. The molecule has 1 aliphatic carbocycles. The van der Waals surface area contributed by atoms with E-state index in [1.54, 1.807) is 12.1 Å². The number of aromatic nitrogens is 1. The van der Waals surface area contributed by atoms with Gasteiger partial charge < -0.3 is 19.5 Å². The number of anilines is 2. The van der Waals surface area contributed by atoms with Crippen molar-refractivity contribution in [3.8, 4) is 5.75 Å². The van der Waals surface area contributed by atoms with Crippen molar-refractivity contribution in [1.82, 2.24) is 9.88 Å². The lowest BCUT2D eigenvalue weighted by molar-refractivity contribution is -0.231. The summed E-state index contributed by atoms with van der Waals surface area (Å²) in [4.78, 5) is 18.4. The second-order valence-corrected chi connectivity index (χ2v) is 8.29. The number of esters is 1. The summed E-state index contributed by atoms with van der Waals surface area (Å²) in [5.41, 5.74) is 2.34. The van der Waals surface area contributed by atoms with Crippen LogP contribution in [-0.2, 0) is 16.1 Å². The summed E-state index contributed by atoms with van der Waals surface area (Å²) in [7, 11) is 1.35. The maximum atomic E-state index is 11.5. The summed E-state index contributed by atoms with van der Waals surface area (Å²) in [6, 6.07) is 10.2. The Bertz CT molecular complexity index is 919. The number of carbonyl (C=O) groups is 1. The van der Waals surface area contributed by atoms with Gasteiger partial charge in [-0.3, -0.25) is 4.90 Å². The van der Waals surface area contributed by atoms with Crippen LogP contribution in [0.4, 0.5) is 11.5 Å². The standard InChI is InChI=1S/C23H27N3O4.C2H6/c1-28-22(27)16-5-8-21(24-14-16)25-18-6-7-20-17(13-18)15-29-23(30-20)9-11-26(12-10-23)19-3-2-4-19;1-2/h5-8,13-14,19H,2-4,9-12,15H2,1H3,(H,24,25);1-2H3. The molecule has 2 aliphatic heterocycles. The van der Waals surface area contributed by atoms with Crippen LogP contribution in [0.2, 0.25) is 0 Å². The number of likely N-dealkylation sites (tertiary alicyclic amines) is 1. The highest BCUT2D eigenvalue weighted by Gasteiger charge is 2.42. The lowest BCUT2D eigenvalue weighted by Crippen LogP contribution is -2.54. The molecule has 1 saturated heterocycles. The Morgan fingerprint density at radius 3 is 2.59 bits per heavy atom. The Morgan fingerprint density at radius 1 is 1.19 bits per heavy atom. The van der Waals surface area contributed by atoms with Crippen molar-refractivity contribution in [3.05, 3.63) is 47.7 Å². The maximum Gasteiger partial charge on any atom is 0.339 e. The fourth-order valence-electron chi connectivity index (χ4n) is 4.39. The molecule has 1 aromatic heterocycles. The zero-order valence-electron chi connectivity index (χ0n) is 19.2. The number of rotatable bonds is 4. The Labute approximate surface area is 190 Å². The van der Waals surface area contributed by atoms with Crippen LogP contribution >= 0.6 is 0 Å². The largest absolute Gasteiger partial charge is 0.465 e. The van der Waals surface area contributed by atoms with E-state index in [4.69, 9.17) is 14.2 Å². The van der Waals surface area contributed by atoms with Crippen LogP contribution in [-0.4, -0.2) is 47.9 Å². The van der Waals surface area contributed by atoms with Gasteiger partial charge in [-0.25, -0.2) is 9.78 Å². The quantitative estimate of drug-likeness (QED) is 0.680. The van der Waals surface area contributed by atoms with Gasteiger partial charge in [0.2, 0.25) is 5.79 Å². The minimum Gasteiger partial charge on any atom is -0.465 e. The normalized spacial score (nSPS) is 19.6. The number of hydrogen-bond donors (Lipinski definition) is 1. The van der Waals surface area contributed by atoms with Crippen molar-refractivity contribution >= 4 is 17.5 Å². The molecule has 5 rings (SSSR count). The van der Waals surface area contributed by atoms with Crippen LogP contribution < -0.4 is 10.1 Å². The van der Waals surface area contributed by atoms with Crippen LogP contribution in [0.25, 0.3) is 0 Å². The third-order valence-electron chi connectivity index (χ3n) is 6.46. The molecule has 1 aromatic carbocycles. The average Bonchev–Trinajstić information content (AvgIpc) is 2.81. The summed E-state index contributed by atoms with van der Waals surface area (Å²) in [5, 5.41) is 3.26. The molecule has 3 heterocycles. The predicted molar refractivity (Wildman–Crippen MR) is 123 cm³/mol. The molecule has 7 heteroatoms. The smallest absolute Gasteiger partial charge is 0.339 e. The van der Waals surface area contributed by atoms with E-state index in [9.17, 15) is 4.79 Å². The molecule has 0 bridgehead atoms. The molecule has 32 heavy (non-hydrogen) atoms. The van der Waals surface area contributed by atoms with Gasteiger partial charge in [0.25, 0.3) is 0 Å². The van der Waals surface area contributed by atoms with E-state index >= 15 is 0 Å². The molecule has 2 aromatic rings. The Morgan fingerprint density at radius 2 is 1.97 bits per heavy atom. The first kappa shape index (κ1) is 22.6. The highest BCUT2D eigenvalue weighted by Crippen LogP contribution is 2.40. The van der Waals surface area contributed by atoms with E-state index in [1.807, 2.05) is 32.0 Å². The van der Waals surface area contributed by atoms with Crippen LogP contribution in [0.15, 0.2) is 36.5 Å². The van der Waals surface area contributed by atoms with Gasteiger partial charge in [-0.15, -0.1) is 0 Å². The van der Waals surface area contributed by atoms with Gasteiger partial charge in [-0.1, -0.05) is 20.3 Å². The van der Waals surface area contributed by atoms with E-state index in [-0.39, 0.29) is 0 Å². The van der Waals surface area contributed by atoms with Crippen LogP contribution in [0.3, 0.4) is 0 Å². The Hall–Kier alpha value is -2.64. The fourth-order valence-corrected chi connectivity index (χ4v) is 4.39. The number of ether oxygens (including phenoxy) is 3. The zero-order chi connectivity index (χ0) is 22.6. The molecule has 0 radical (unpaired) electrons. The highest BCUT2D eigenvalue weighted by molar-refractivity contribution is 5.89. The summed E-state index contributed by atoms with van der Waals surface area (Å²) in [6.07, 6.45) is 7.38. The Kier molecular flexibility index (Phi) is 6.96. The van der Waals surface area contributed by atoms with E-state index in [0.29, 0.717) is 18.0 Å². The van der Waals surface area contributed by atoms with Crippen molar-refractivity contribution in [1.29, 1.82) is 0 Å². The van der Waals surface area contributed by atoms with Gasteiger partial charge in [0, 0.05) is 49.4 Å². The highest BCUT2D eigenvalue weighted by atomic mass is 16.7. The van der Waals surface area contributed by atoms with Crippen LogP contribution in [0.5, 0.6) is 5.75 Å². The minimum atomic E-state index is -0.479. The van der Waals surface area contributed by atoms with Gasteiger partial charge in [0.1, 0.15) is 11.6 Å². The number of hydrogen-bond acceptors (Lipinski definition) is 7. The molecule has 7 nitrogen and oxygen atoms in total. The molecule has 0 unspecified atom stereocenters. The number of methoxy groups -OCH3 is 1. The maximum absolute atomic E-state index is 11.5. The third-order valence-corrected chi connectivity index (χ3v) is 6.46. The van der Waals surface area contributed by atoms with Gasteiger partial charge in [0.05, 0.1) is 19.3 Å². The number of carbonyl (C=O) groups excluding carboxylic acids is 1. The van der Waals surface area contributed by atoms with Crippen molar-refractivity contribution in [2.45, 2.75) is 64.4 Å². The number of benzene rings is 1. The first-order chi connectivity index (χ1) is 15.6. The summed E-state index contributed by atoms with van der Waals surface area (Å²) < 4.78 is 17.3. The van der Waals surface area contributed by atoms with Crippen LogP contribution in [0.1, 0.15) is 61.9 Å². The topological polar surface area (TPSA) is 72.9 Å². The molecule has 0 amide bonds. The monoisotopic (exact) mass is 439 g/mol. The fraction of sp³-hybridized carbons (Fsp3) is 0.520. The molecule has 3 aliphatic rings. The lowest BCUT2D eigenvalue weighted by atomic mass is 9.89. The first-order valence-electron chi connectivity index (χ1n) is 11.7. The molecule has 1 spiro atoms. The van der Waals surface area contributed by atoms with E-state index in [1.165, 1.54) is 32.6 Å². The van der Waals surface area contributed by atoms with Crippen molar-refractivity contribution in [2.75, 3.05) is 25.5 Å². The second-order valence-electron chi connectivity index (χ2n) is 8.29. The number of nitrogens with one attached hydrogen (secondary N) is 1. The molecule has 1 saturated carbocycles. The van der Waals surface area contributed by atoms with E-state index in [0.717, 1.165) is 49.0 Å². The van der Waals surface area contributed by atoms with Crippen molar-refractivity contribution < 1.29 is 19.0 Å². The summed E-state index contributed by atoms with van der Waals surface area (Å²) in [6.45, 7) is 6.64. The summed E-state index contributed by atoms with van der Waals surface area (Å²) >= 11 is 0. The van der Waals surface area contributed by atoms with Gasteiger partial charge in [-0.2, -0.15) is 0 Å². The molecule has 1 N–H and O–H groups in total. The second kappa shape index (κ2) is 9.88. The zero-order valence-corrected chi connectivity index (χ0v) is 19.2. The Balaban J connectivity index is 0.00000119. The number of piperidine rings is 1. The SMILES string of the molecule is CC.COC(=O)c1ccc(Nc2ccc3c(c2)COC2(CCN(C4CCC4)CC2)O3)nc1. The van der Waals surface area contributed by atoms with E-state index < -0.39 is 11.8 Å². The van der Waals surface area contributed by atoms with Crippen molar-refractivity contribution in [3.63, 3.8) is 0 Å². The molecule has 172 valence electrons. The van der Waals surface area contributed by atoms with Crippen molar-refractivity contribution in [2.24, 2.45) is 0 Å². The molecule has 2 fully saturated rings. The minimum absolute atomic E-state index is 0.399. The average molecular weight is 440 g/mol. The number of nitrogens with zero attached hydrogens (tertiary/aromatic N) is 2. The summed E-state index contributed by atoms with van der Waals surface area (Å²) in [5.74, 6) is 0.676. The molecular weight excluding hydrogens is 406 g/mol. The van der Waals surface area contributed by atoms with Gasteiger partial charge in [0.15, 0.2) is 0 Å². The number of fused-ring (bicyclic) bond motifs is 1. The van der Waals surface area contributed by atoms with E-state index in [2.05, 4.69) is 15.2 Å².